The average Bonchev–Trinajstić information content (AvgIpc) is 2.57. The number of methoxy groups -OCH3 is 1. The van der Waals surface area contributed by atoms with E-state index < -0.39 is 11.6 Å². The average molecular weight is 257 g/mol. The molecule has 0 N–H and O–H groups in total. The highest BCUT2D eigenvalue weighted by Crippen LogP contribution is 2.44. The summed E-state index contributed by atoms with van der Waals surface area (Å²) < 4.78 is 32.3. The highest BCUT2D eigenvalue weighted by molar-refractivity contribution is 5.64. The summed E-state index contributed by atoms with van der Waals surface area (Å²) in [5.41, 5.74) is 1.17. The molecule has 0 spiro atoms. The molecule has 1 heterocycles. The van der Waals surface area contributed by atoms with Crippen LogP contribution in [0.5, 0.6) is 5.75 Å². The molecule has 2 unspecified atom stereocenters. The van der Waals surface area contributed by atoms with Crippen LogP contribution >= 0.6 is 0 Å². The molecular weight excluding hydrogens is 236 g/mol. The van der Waals surface area contributed by atoms with Crippen LogP contribution in [0.1, 0.15) is 39.2 Å². The lowest BCUT2D eigenvalue weighted by Gasteiger charge is -2.20. The zero-order valence-corrected chi connectivity index (χ0v) is 11.8. The van der Waals surface area contributed by atoms with Gasteiger partial charge in [-0.15, -0.1) is 0 Å². The lowest BCUT2D eigenvalue weighted by Crippen LogP contribution is -2.25. The van der Waals surface area contributed by atoms with Crippen molar-refractivity contribution in [3.8, 4) is 5.75 Å². The van der Waals surface area contributed by atoms with Crippen molar-refractivity contribution in [2.24, 2.45) is 0 Å². The van der Waals surface area contributed by atoms with Crippen LogP contribution in [-0.4, -0.2) is 20.2 Å². The predicted molar refractivity (Wildman–Crippen MR) is 70.5 cm³/mol. The van der Waals surface area contributed by atoms with Crippen molar-refractivity contribution in [3.05, 3.63) is 23.3 Å². The Labute approximate surface area is 108 Å². The summed E-state index contributed by atoms with van der Waals surface area (Å²) >= 11 is 0. The van der Waals surface area contributed by atoms with Gasteiger partial charge in [-0.3, -0.25) is 0 Å². The Morgan fingerprint density at radius 1 is 1.22 bits per heavy atom. The standard InChI is InChI=1S/C12H15F2NO.C2H6/c1-6-7(2)15(3)9-5-8(13)12(16-4)11(14)10(6)9;1-2/h5-7H,1-4H3;1-2H3. The molecule has 1 aliphatic heterocycles. The molecule has 2 atom stereocenters. The molecule has 1 aromatic rings. The van der Waals surface area contributed by atoms with Crippen molar-refractivity contribution in [1.29, 1.82) is 0 Å². The van der Waals surface area contributed by atoms with Crippen LogP contribution in [0.25, 0.3) is 0 Å². The van der Waals surface area contributed by atoms with Gasteiger partial charge in [0.05, 0.1) is 7.11 Å². The molecule has 0 saturated heterocycles. The lowest BCUT2D eigenvalue weighted by atomic mass is 9.97. The number of halogens is 2. The molecule has 0 saturated carbocycles. The second-order valence-corrected chi connectivity index (χ2v) is 4.28. The maximum atomic E-state index is 14.0. The van der Waals surface area contributed by atoms with Crippen LogP contribution in [0.2, 0.25) is 0 Å². The third kappa shape index (κ3) is 2.04. The number of fused-ring (bicyclic) bond motifs is 1. The number of hydrogen-bond acceptors (Lipinski definition) is 2. The second-order valence-electron chi connectivity index (χ2n) is 4.28. The van der Waals surface area contributed by atoms with Gasteiger partial charge in [-0.1, -0.05) is 20.8 Å². The molecule has 1 aromatic carbocycles. The third-order valence-electron chi connectivity index (χ3n) is 3.57. The van der Waals surface area contributed by atoms with Gasteiger partial charge in [-0.05, 0) is 6.92 Å². The largest absolute Gasteiger partial charge is 0.491 e. The zero-order chi connectivity index (χ0) is 14.0. The van der Waals surface area contributed by atoms with E-state index in [9.17, 15) is 8.78 Å². The first-order chi connectivity index (χ1) is 8.49. The van der Waals surface area contributed by atoms with E-state index in [4.69, 9.17) is 4.74 Å². The topological polar surface area (TPSA) is 12.5 Å². The summed E-state index contributed by atoms with van der Waals surface area (Å²) in [4.78, 5) is 1.89. The maximum Gasteiger partial charge on any atom is 0.190 e. The molecule has 0 amide bonds. The molecule has 2 nitrogen and oxygen atoms in total. The normalized spacial score (nSPS) is 21.2. The molecule has 0 radical (unpaired) electrons. The Morgan fingerprint density at radius 3 is 2.28 bits per heavy atom. The fourth-order valence-corrected chi connectivity index (χ4v) is 2.31. The number of ether oxygens (including phenoxy) is 1. The van der Waals surface area contributed by atoms with Gasteiger partial charge >= 0.3 is 0 Å². The van der Waals surface area contributed by atoms with Gasteiger partial charge in [-0.2, -0.15) is 0 Å². The predicted octanol–water partition coefficient (Wildman–Crippen LogP) is 3.94. The van der Waals surface area contributed by atoms with Crippen molar-refractivity contribution in [1.82, 2.24) is 0 Å². The van der Waals surface area contributed by atoms with E-state index in [0.717, 1.165) is 0 Å². The minimum absolute atomic E-state index is 0.0366. The summed E-state index contributed by atoms with van der Waals surface area (Å²) in [5.74, 6) is -1.46. The summed E-state index contributed by atoms with van der Waals surface area (Å²) in [6.07, 6.45) is 0. The number of likely N-dealkylation sites (N-methyl/N-ethyl adjacent to an activating group) is 1. The number of rotatable bonds is 1. The van der Waals surface area contributed by atoms with Crippen LogP contribution in [0.15, 0.2) is 6.07 Å². The SMILES string of the molecule is CC.COc1c(F)cc2c(c1F)C(C)C(C)N2C. The maximum absolute atomic E-state index is 14.0. The van der Waals surface area contributed by atoms with Gasteiger partial charge < -0.3 is 9.64 Å². The molecule has 2 rings (SSSR count). The monoisotopic (exact) mass is 257 g/mol. The Morgan fingerprint density at radius 2 is 1.78 bits per heavy atom. The minimum atomic E-state index is -0.646. The Hall–Kier alpha value is -1.32. The fraction of sp³-hybridized carbons (Fsp3) is 0.571. The van der Waals surface area contributed by atoms with E-state index in [-0.39, 0.29) is 17.7 Å². The molecule has 0 fully saturated rings. The van der Waals surface area contributed by atoms with Crippen molar-refractivity contribution in [3.63, 3.8) is 0 Å². The summed E-state index contributed by atoms with van der Waals surface area (Å²) in [6.45, 7) is 7.93. The van der Waals surface area contributed by atoms with Crippen LogP contribution in [0.3, 0.4) is 0 Å². The number of benzene rings is 1. The molecule has 102 valence electrons. The quantitative estimate of drug-likeness (QED) is 0.755. The molecular formula is C14H21F2NO. The Kier molecular flexibility index (Phi) is 4.54. The van der Waals surface area contributed by atoms with E-state index in [2.05, 4.69) is 0 Å². The van der Waals surface area contributed by atoms with E-state index in [0.29, 0.717) is 11.3 Å². The molecule has 4 heteroatoms. The van der Waals surface area contributed by atoms with Gasteiger partial charge in [-0.25, -0.2) is 8.78 Å². The van der Waals surface area contributed by atoms with Crippen LogP contribution in [0, 0.1) is 11.6 Å². The Bertz CT molecular complexity index is 434. The fourth-order valence-electron chi connectivity index (χ4n) is 2.31. The summed E-state index contributed by atoms with van der Waals surface area (Å²) in [6, 6.07) is 1.51. The summed E-state index contributed by atoms with van der Waals surface area (Å²) in [7, 11) is 3.12. The number of hydrogen-bond donors (Lipinski definition) is 0. The van der Waals surface area contributed by atoms with Crippen molar-refractivity contribution >= 4 is 5.69 Å². The minimum Gasteiger partial charge on any atom is -0.491 e. The van der Waals surface area contributed by atoms with Gasteiger partial charge in [0.2, 0.25) is 0 Å². The number of anilines is 1. The number of nitrogens with zero attached hydrogens (tertiary/aromatic N) is 1. The third-order valence-corrected chi connectivity index (χ3v) is 3.57. The van der Waals surface area contributed by atoms with Gasteiger partial charge in [0.15, 0.2) is 17.4 Å². The van der Waals surface area contributed by atoms with Gasteiger partial charge in [0, 0.05) is 36.3 Å². The second kappa shape index (κ2) is 5.55. The van der Waals surface area contributed by atoms with E-state index in [1.54, 1.807) is 0 Å². The molecule has 18 heavy (non-hydrogen) atoms. The molecule has 0 bridgehead atoms. The van der Waals surface area contributed by atoms with E-state index >= 15 is 0 Å². The smallest absolute Gasteiger partial charge is 0.190 e. The highest BCUT2D eigenvalue weighted by atomic mass is 19.1. The first kappa shape index (κ1) is 14.7. The van der Waals surface area contributed by atoms with Crippen molar-refractivity contribution in [2.45, 2.75) is 39.7 Å². The molecule has 0 aliphatic carbocycles. The summed E-state index contributed by atoms with van der Waals surface area (Å²) in [5, 5.41) is 0. The van der Waals surface area contributed by atoms with Crippen LogP contribution in [0.4, 0.5) is 14.5 Å². The van der Waals surface area contributed by atoms with E-state index in [1.807, 2.05) is 39.6 Å². The zero-order valence-electron chi connectivity index (χ0n) is 11.8. The van der Waals surface area contributed by atoms with Crippen LogP contribution < -0.4 is 9.64 Å². The highest BCUT2D eigenvalue weighted by Gasteiger charge is 2.35. The van der Waals surface area contributed by atoms with Gasteiger partial charge in [0.1, 0.15) is 0 Å². The Balaban J connectivity index is 0.000000771. The first-order valence-electron chi connectivity index (χ1n) is 6.27. The first-order valence-corrected chi connectivity index (χ1v) is 6.27. The van der Waals surface area contributed by atoms with Crippen molar-refractivity contribution in [2.75, 3.05) is 19.1 Å². The lowest BCUT2D eigenvalue weighted by molar-refractivity contribution is 0.357. The van der Waals surface area contributed by atoms with Gasteiger partial charge in [0.25, 0.3) is 0 Å². The van der Waals surface area contributed by atoms with E-state index in [1.165, 1.54) is 13.2 Å². The van der Waals surface area contributed by atoms with Crippen LogP contribution in [-0.2, 0) is 0 Å². The molecule has 0 aromatic heterocycles. The molecule has 1 aliphatic rings. The van der Waals surface area contributed by atoms with Crippen molar-refractivity contribution < 1.29 is 13.5 Å².